The van der Waals surface area contributed by atoms with Gasteiger partial charge in [0, 0.05) is 12.5 Å². The Labute approximate surface area is 104 Å². The summed E-state index contributed by atoms with van der Waals surface area (Å²) in [5, 5.41) is 8.90. The summed E-state index contributed by atoms with van der Waals surface area (Å²) in [5.41, 5.74) is 0. The third-order valence-corrected chi connectivity index (χ3v) is 4.27. The third kappa shape index (κ3) is 1.42. The molecule has 0 radical (unpaired) electrons. The van der Waals surface area contributed by atoms with Crippen LogP contribution in [0.4, 0.5) is 0 Å². The highest BCUT2D eigenvalue weighted by atomic mass is 16.6. The van der Waals surface area contributed by atoms with E-state index >= 15 is 0 Å². The number of carbonyl (C=O) groups is 2. The lowest BCUT2D eigenvalue weighted by Gasteiger charge is -2.26. The molecule has 0 aromatic rings. The van der Waals surface area contributed by atoms with Gasteiger partial charge < -0.3 is 19.3 Å². The smallest absolute Gasteiger partial charge is 0.313 e. The van der Waals surface area contributed by atoms with Crippen molar-refractivity contribution in [2.75, 3.05) is 13.7 Å². The van der Waals surface area contributed by atoms with E-state index in [1.165, 1.54) is 7.11 Å². The van der Waals surface area contributed by atoms with Gasteiger partial charge in [0.2, 0.25) is 0 Å². The zero-order valence-electron chi connectivity index (χ0n) is 10.1. The van der Waals surface area contributed by atoms with Crippen LogP contribution in [-0.2, 0) is 23.8 Å². The second-order valence-corrected chi connectivity index (χ2v) is 5.07. The molecule has 6 heteroatoms. The fourth-order valence-corrected chi connectivity index (χ4v) is 3.56. The number of aliphatic hydroxyl groups is 1. The molecule has 0 aliphatic carbocycles. The van der Waals surface area contributed by atoms with E-state index in [2.05, 4.69) is 0 Å². The number of ether oxygens (including phenoxy) is 3. The minimum atomic E-state index is -0.546. The van der Waals surface area contributed by atoms with Crippen molar-refractivity contribution >= 4 is 11.9 Å². The standard InChI is InChI=1S/C12H16O6/c1-16-11(14)6-7-10-9(18-12(7)15)5(3-2-4-13)8(6)17-10/h5-10,13H,2-4H2,1H3. The Balaban J connectivity index is 1.85. The van der Waals surface area contributed by atoms with E-state index in [4.69, 9.17) is 19.3 Å². The Morgan fingerprint density at radius 3 is 2.83 bits per heavy atom. The summed E-state index contributed by atoms with van der Waals surface area (Å²) in [5.74, 6) is -1.81. The van der Waals surface area contributed by atoms with Crippen LogP contribution in [0.15, 0.2) is 0 Å². The van der Waals surface area contributed by atoms with Gasteiger partial charge >= 0.3 is 11.9 Å². The molecule has 3 aliphatic rings. The largest absolute Gasteiger partial charge is 0.469 e. The number of rotatable bonds is 4. The number of carbonyl (C=O) groups excluding carboxylic acids is 2. The maximum atomic E-state index is 11.8. The van der Waals surface area contributed by atoms with E-state index in [0.717, 1.165) is 0 Å². The van der Waals surface area contributed by atoms with Gasteiger partial charge in [0.25, 0.3) is 0 Å². The van der Waals surface area contributed by atoms with Crippen molar-refractivity contribution in [3.63, 3.8) is 0 Å². The molecule has 0 saturated carbocycles. The van der Waals surface area contributed by atoms with Gasteiger partial charge in [-0.2, -0.15) is 0 Å². The van der Waals surface area contributed by atoms with Gasteiger partial charge in [-0.25, -0.2) is 0 Å². The average molecular weight is 256 g/mol. The second-order valence-electron chi connectivity index (χ2n) is 5.07. The Morgan fingerprint density at radius 2 is 2.17 bits per heavy atom. The summed E-state index contributed by atoms with van der Waals surface area (Å²) in [7, 11) is 1.31. The Bertz CT molecular complexity index is 381. The van der Waals surface area contributed by atoms with Gasteiger partial charge in [-0.3, -0.25) is 9.59 Å². The first-order valence-electron chi connectivity index (χ1n) is 6.23. The molecule has 3 fully saturated rings. The van der Waals surface area contributed by atoms with Gasteiger partial charge in [0.15, 0.2) is 0 Å². The average Bonchev–Trinajstić information content (AvgIpc) is 2.96. The molecule has 6 nitrogen and oxygen atoms in total. The highest BCUT2D eigenvalue weighted by Crippen LogP contribution is 2.54. The quantitative estimate of drug-likeness (QED) is 0.682. The highest BCUT2D eigenvalue weighted by Gasteiger charge is 2.69. The zero-order valence-corrected chi connectivity index (χ0v) is 10.1. The van der Waals surface area contributed by atoms with Crippen molar-refractivity contribution in [3.05, 3.63) is 0 Å². The number of aliphatic hydroxyl groups excluding tert-OH is 1. The molecule has 18 heavy (non-hydrogen) atoms. The van der Waals surface area contributed by atoms with Crippen molar-refractivity contribution in [1.82, 2.24) is 0 Å². The minimum absolute atomic E-state index is 0.00560. The van der Waals surface area contributed by atoms with E-state index in [0.29, 0.717) is 12.8 Å². The lowest BCUT2D eigenvalue weighted by Crippen LogP contribution is -2.42. The summed E-state index contributed by atoms with van der Waals surface area (Å²) >= 11 is 0. The predicted octanol–water partition coefficient (Wildman–Crippen LogP) is -0.513. The summed E-state index contributed by atoms with van der Waals surface area (Å²) < 4.78 is 15.8. The second kappa shape index (κ2) is 4.20. The summed E-state index contributed by atoms with van der Waals surface area (Å²) in [6.45, 7) is 0.0842. The molecule has 3 saturated heterocycles. The molecule has 3 aliphatic heterocycles. The van der Waals surface area contributed by atoms with E-state index in [9.17, 15) is 9.59 Å². The summed E-state index contributed by atoms with van der Waals surface area (Å²) in [4.78, 5) is 23.6. The minimum Gasteiger partial charge on any atom is -0.469 e. The first-order chi connectivity index (χ1) is 8.69. The third-order valence-electron chi connectivity index (χ3n) is 4.27. The number of esters is 2. The normalized spacial score (nSPS) is 44.2. The maximum Gasteiger partial charge on any atom is 0.313 e. The Kier molecular flexibility index (Phi) is 2.79. The van der Waals surface area contributed by atoms with Crippen LogP contribution in [0.1, 0.15) is 12.8 Å². The molecule has 3 heterocycles. The molecule has 3 rings (SSSR count). The predicted molar refractivity (Wildman–Crippen MR) is 57.3 cm³/mol. The van der Waals surface area contributed by atoms with E-state index in [-0.39, 0.29) is 36.8 Å². The molecule has 1 N–H and O–H groups in total. The van der Waals surface area contributed by atoms with Crippen LogP contribution in [0.3, 0.4) is 0 Å². The van der Waals surface area contributed by atoms with Gasteiger partial charge in [-0.1, -0.05) is 0 Å². The van der Waals surface area contributed by atoms with Crippen LogP contribution in [0, 0.1) is 17.8 Å². The van der Waals surface area contributed by atoms with Crippen LogP contribution in [-0.4, -0.2) is 49.1 Å². The van der Waals surface area contributed by atoms with Crippen molar-refractivity contribution in [2.45, 2.75) is 31.2 Å². The Morgan fingerprint density at radius 1 is 1.39 bits per heavy atom. The van der Waals surface area contributed by atoms with Crippen molar-refractivity contribution in [1.29, 1.82) is 0 Å². The molecule has 100 valence electrons. The molecule has 0 aromatic carbocycles. The monoisotopic (exact) mass is 256 g/mol. The van der Waals surface area contributed by atoms with Gasteiger partial charge in [0.05, 0.1) is 19.1 Å². The number of methoxy groups -OCH3 is 1. The van der Waals surface area contributed by atoms with E-state index in [1.54, 1.807) is 0 Å². The molecular formula is C12H16O6. The molecule has 0 amide bonds. The SMILES string of the molecule is COC(=O)C1C2OC3C(OC(=O)C31)C2CCCO. The van der Waals surface area contributed by atoms with Crippen molar-refractivity contribution in [3.8, 4) is 0 Å². The molecule has 6 atom stereocenters. The lowest BCUT2D eigenvalue weighted by molar-refractivity contribution is -0.153. The molecule has 0 spiro atoms. The van der Waals surface area contributed by atoms with Crippen LogP contribution < -0.4 is 0 Å². The van der Waals surface area contributed by atoms with Crippen LogP contribution in [0.5, 0.6) is 0 Å². The zero-order chi connectivity index (χ0) is 12.9. The maximum absolute atomic E-state index is 11.8. The number of hydrogen-bond acceptors (Lipinski definition) is 6. The fraction of sp³-hybridized carbons (Fsp3) is 0.833. The lowest BCUT2D eigenvalue weighted by atomic mass is 9.73. The first kappa shape index (κ1) is 11.9. The van der Waals surface area contributed by atoms with Gasteiger partial charge in [0.1, 0.15) is 18.1 Å². The van der Waals surface area contributed by atoms with Crippen molar-refractivity contribution < 1.29 is 28.9 Å². The number of fused-ring (bicyclic) bond motifs is 1. The summed E-state index contributed by atoms with van der Waals surface area (Å²) in [6.07, 6.45) is 0.436. The van der Waals surface area contributed by atoms with Gasteiger partial charge in [-0.05, 0) is 12.8 Å². The highest BCUT2D eigenvalue weighted by molar-refractivity contribution is 5.86. The molecule has 2 bridgehead atoms. The summed E-state index contributed by atoms with van der Waals surface area (Å²) in [6, 6.07) is 0. The van der Waals surface area contributed by atoms with E-state index in [1.807, 2.05) is 0 Å². The fourth-order valence-electron chi connectivity index (χ4n) is 3.56. The van der Waals surface area contributed by atoms with E-state index < -0.39 is 17.8 Å². The first-order valence-corrected chi connectivity index (χ1v) is 6.23. The molecule has 6 unspecified atom stereocenters. The number of hydrogen-bond donors (Lipinski definition) is 1. The van der Waals surface area contributed by atoms with Crippen molar-refractivity contribution in [2.24, 2.45) is 17.8 Å². The molecular weight excluding hydrogens is 240 g/mol. The van der Waals surface area contributed by atoms with Gasteiger partial charge in [-0.15, -0.1) is 0 Å². The topological polar surface area (TPSA) is 82.1 Å². The molecule has 0 aromatic heterocycles. The Hall–Kier alpha value is -1.14. The van der Waals surface area contributed by atoms with Crippen LogP contribution in [0.2, 0.25) is 0 Å². The van der Waals surface area contributed by atoms with Crippen LogP contribution >= 0.6 is 0 Å². The van der Waals surface area contributed by atoms with Crippen LogP contribution in [0.25, 0.3) is 0 Å².